The Morgan fingerprint density at radius 3 is 2.62 bits per heavy atom. The van der Waals surface area contributed by atoms with E-state index in [0.717, 1.165) is 0 Å². The van der Waals surface area contributed by atoms with Gasteiger partial charge < -0.3 is 20.6 Å². The van der Waals surface area contributed by atoms with Gasteiger partial charge in [0.15, 0.2) is 0 Å². The van der Waals surface area contributed by atoms with E-state index in [4.69, 9.17) is 5.11 Å². The summed E-state index contributed by atoms with van der Waals surface area (Å²) in [6.07, 6.45) is 0. The minimum absolute atomic E-state index is 0.0846. The Morgan fingerprint density at radius 1 is 1.38 bits per heavy atom. The van der Waals surface area contributed by atoms with Crippen LogP contribution < -0.4 is 10.6 Å². The van der Waals surface area contributed by atoms with Crippen LogP contribution in [0.4, 0.5) is 16.2 Å². The highest BCUT2D eigenvalue weighted by atomic mass is 16.6. The number of anilines is 1. The van der Waals surface area contributed by atoms with Crippen molar-refractivity contribution in [3.63, 3.8) is 0 Å². The van der Waals surface area contributed by atoms with Crippen molar-refractivity contribution in [3.05, 3.63) is 34.4 Å². The highest BCUT2D eigenvalue weighted by Crippen LogP contribution is 2.16. The van der Waals surface area contributed by atoms with E-state index in [9.17, 15) is 19.7 Å². The van der Waals surface area contributed by atoms with Crippen LogP contribution in [0.5, 0.6) is 0 Å². The van der Waals surface area contributed by atoms with Crippen molar-refractivity contribution in [2.24, 2.45) is 0 Å². The number of carboxylic acid groups (broad SMARTS) is 1. The van der Waals surface area contributed by atoms with Gasteiger partial charge in [-0.05, 0) is 12.1 Å². The average molecular weight is 294 g/mol. The van der Waals surface area contributed by atoms with Crippen LogP contribution in [0.1, 0.15) is 0 Å². The molecule has 0 spiro atoms. The fourth-order valence-corrected chi connectivity index (χ4v) is 2.03. The normalized spacial score (nSPS) is 18.1. The van der Waals surface area contributed by atoms with Crippen LogP contribution >= 0.6 is 0 Å². The molecule has 1 unspecified atom stereocenters. The SMILES string of the molecule is O=C(O)C1CNCCN1C(=O)Nc1ccc([N+](=O)[O-])cc1. The lowest BCUT2D eigenvalue weighted by Crippen LogP contribution is -2.58. The number of benzene rings is 1. The molecule has 1 aromatic rings. The molecular formula is C12H14N4O5. The molecule has 0 saturated carbocycles. The molecule has 1 atom stereocenters. The highest BCUT2D eigenvalue weighted by Gasteiger charge is 2.31. The second-order valence-electron chi connectivity index (χ2n) is 4.49. The van der Waals surface area contributed by atoms with E-state index in [1.165, 1.54) is 29.2 Å². The fourth-order valence-electron chi connectivity index (χ4n) is 2.03. The molecule has 0 aromatic heterocycles. The summed E-state index contributed by atoms with van der Waals surface area (Å²) in [6, 6.07) is 3.85. The first kappa shape index (κ1) is 14.7. The number of carbonyl (C=O) groups is 2. The van der Waals surface area contributed by atoms with E-state index in [2.05, 4.69) is 10.6 Å². The van der Waals surface area contributed by atoms with Gasteiger partial charge in [0.25, 0.3) is 5.69 Å². The van der Waals surface area contributed by atoms with Gasteiger partial charge in [-0.2, -0.15) is 0 Å². The van der Waals surface area contributed by atoms with Gasteiger partial charge in [0, 0.05) is 37.5 Å². The Kier molecular flexibility index (Phi) is 4.33. The summed E-state index contributed by atoms with van der Waals surface area (Å²) in [5, 5.41) is 25.1. The van der Waals surface area contributed by atoms with E-state index in [1.807, 2.05) is 0 Å². The summed E-state index contributed by atoms with van der Waals surface area (Å²) in [4.78, 5) is 34.4. The number of nitro groups is 1. The number of aliphatic carboxylic acids is 1. The second-order valence-corrected chi connectivity index (χ2v) is 4.49. The van der Waals surface area contributed by atoms with E-state index in [0.29, 0.717) is 12.2 Å². The Bertz CT molecular complexity index is 559. The molecule has 0 aliphatic carbocycles. The third-order valence-electron chi connectivity index (χ3n) is 3.12. The minimum atomic E-state index is -1.08. The van der Waals surface area contributed by atoms with Crippen molar-refractivity contribution in [2.75, 3.05) is 25.0 Å². The maximum absolute atomic E-state index is 12.1. The Balaban J connectivity index is 2.05. The van der Waals surface area contributed by atoms with Crippen LogP contribution in [0, 0.1) is 10.1 Å². The number of carbonyl (C=O) groups excluding carboxylic acids is 1. The van der Waals surface area contributed by atoms with Crippen molar-refractivity contribution in [1.82, 2.24) is 10.2 Å². The van der Waals surface area contributed by atoms with E-state index in [1.54, 1.807) is 0 Å². The van der Waals surface area contributed by atoms with Gasteiger partial charge in [-0.1, -0.05) is 0 Å². The lowest BCUT2D eigenvalue weighted by molar-refractivity contribution is -0.384. The third-order valence-corrected chi connectivity index (χ3v) is 3.12. The zero-order chi connectivity index (χ0) is 15.4. The number of rotatable bonds is 3. The predicted molar refractivity (Wildman–Crippen MR) is 73.1 cm³/mol. The number of nitrogens with one attached hydrogen (secondary N) is 2. The number of urea groups is 1. The van der Waals surface area contributed by atoms with Crippen molar-refractivity contribution >= 4 is 23.4 Å². The number of amides is 2. The van der Waals surface area contributed by atoms with Crippen molar-refractivity contribution in [1.29, 1.82) is 0 Å². The molecule has 9 heteroatoms. The lowest BCUT2D eigenvalue weighted by atomic mass is 10.2. The largest absolute Gasteiger partial charge is 0.480 e. The van der Waals surface area contributed by atoms with Crippen LogP contribution in [-0.4, -0.2) is 52.6 Å². The summed E-state index contributed by atoms with van der Waals surface area (Å²) in [5.41, 5.74) is 0.284. The maximum Gasteiger partial charge on any atom is 0.327 e. The molecule has 1 saturated heterocycles. The molecule has 1 aliphatic rings. The second kappa shape index (κ2) is 6.18. The first-order valence-corrected chi connectivity index (χ1v) is 6.24. The molecule has 21 heavy (non-hydrogen) atoms. The Hall–Kier alpha value is -2.68. The molecule has 0 radical (unpaired) electrons. The number of hydrogen-bond donors (Lipinski definition) is 3. The summed E-state index contributed by atoms with van der Waals surface area (Å²) in [6.45, 7) is 0.969. The third kappa shape index (κ3) is 3.45. The molecule has 2 amide bonds. The topological polar surface area (TPSA) is 125 Å². The molecule has 1 aliphatic heterocycles. The van der Waals surface area contributed by atoms with Crippen LogP contribution in [0.25, 0.3) is 0 Å². The molecular weight excluding hydrogens is 280 g/mol. The van der Waals surface area contributed by atoms with Crippen molar-refractivity contribution in [2.45, 2.75) is 6.04 Å². The van der Waals surface area contributed by atoms with Crippen LogP contribution in [0.2, 0.25) is 0 Å². The number of carboxylic acids is 1. The van der Waals surface area contributed by atoms with Crippen molar-refractivity contribution in [3.8, 4) is 0 Å². The first-order valence-electron chi connectivity index (χ1n) is 6.24. The van der Waals surface area contributed by atoms with Crippen LogP contribution in [0.15, 0.2) is 24.3 Å². The molecule has 112 valence electrons. The minimum Gasteiger partial charge on any atom is -0.480 e. The summed E-state index contributed by atoms with van der Waals surface area (Å²) < 4.78 is 0. The summed E-state index contributed by atoms with van der Waals surface area (Å²) in [5.74, 6) is -1.08. The number of non-ortho nitro benzene ring substituents is 1. The van der Waals surface area contributed by atoms with Crippen LogP contribution in [0.3, 0.4) is 0 Å². The smallest absolute Gasteiger partial charge is 0.327 e. The van der Waals surface area contributed by atoms with Crippen LogP contribution in [-0.2, 0) is 4.79 Å². The molecule has 2 rings (SSSR count). The van der Waals surface area contributed by atoms with Gasteiger partial charge in [-0.25, -0.2) is 9.59 Å². The maximum atomic E-state index is 12.1. The standard InChI is InChI=1S/C12H14N4O5/c17-11(18)10-7-13-5-6-15(10)12(19)14-8-1-3-9(4-2-8)16(20)21/h1-4,10,13H,5-7H2,(H,14,19)(H,17,18). The average Bonchev–Trinajstić information content (AvgIpc) is 2.47. The zero-order valence-corrected chi connectivity index (χ0v) is 11.0. The van der Waals surface area contributed by atoms with Gasteiger partial charge in [0.05, 0.1) is 4.92 Å². The number of nitro benzene ring substituents is 1. The Morgan fingerprint density at radius 2 is 2.05 bits per heavy atom. The van der Waals surface area contributed by atoms with Gasteiger partial charge >= 0.3 is 12.0 Å². The molecule has 9 nitrogen and oxygen atoms in total. The first-order chi connectivity index (χ1) is 9.99. The highest BCUT2D eigenvalue weighted by molar-refractivity contribution is 5.92. The molecule has 1 heterocycles. The summed E-state index contributed by atoms with van der Waals surface area (Å²) >= 11 is 0. The van der Waals surface area contributed by atoms with E-state index >= 15 is 0 Å². The lowest BCUT2D eigenvalue weighted by Gasteiger charge is -2.33. The number of piperazine rings is 1. The molecule has 1 fully saturated rings. The number of nitrogens with zero attached hydrogens (tertiary/aromatic N) is 2. The zero-order valence-electron chi connectivity index (χ0n) is 11.0. The quantitative estimate of drug-likeness (QED) is 0.550. The Labute approximate surface area is 119 Å². The van der Waals surface area contributed by atoms with Gasteiger partial charge in [-0.15, -0.1) is 0 Å². The summed E-state index contributed by atoms with van der Waals surface area (Å²) in [7, 11) is 0. The fraction of sp³-hybridized carbons (Fsp3) is 0.333. The molecule has 1 aromatic carbocycles. The molecule has 0 bridgehead atoms. The molecule has 3 N–H and O–H groups in total. The van der Waals surface area contributed by atoms with Crippen molar-refractivity contribution < 1.29 is 19.6 Å². The van der Waals surface area contributed by atoms with Gasteiger partial charge in [-0.3, -0.25) is 10.1 Å². The number of hydrogen-bond acceptors (Lipinski definition) is 5. The van der Waals surface area contributed by atoms with Gasteiger partial charge in [0.2, 0.25) is 0 Å². The predicted octanol–water partition coefficient (Wildman–Crippen LogP) is 0.485. The van der Waals surface area contributed by atoms with E-state index in [-0.39, 0.29) is 18.8 Å². The monoisotopic (exact) mass is 294 g/mol. The van der Waals surface area contributed by atoms with Gasteiger partial charge in [0.1, 0.15) is 6.04 Å². The van der Waals surface area contributed by atoms with E-state index < -0.39 is 23.0 Å².